The molecule has 1 amide bonds. The summed E-state index contributed by atoms with van der Waals surface area (Å²) in [4.78, 5) is 14.6. The molecule has 0 aliphatic carbocycles. The number of sulfonamides is 1. The molecular weight excluding hydrogens is 451 g/mol. The molecular formula is C20H20Cl2N2O3S2. The molecule has 154 valence electrons. The molecule has 5 nitrogen and oxygen atoms in total. The van der Waals surface area contributed by atoms with Crippen molar-refractivity contribution >= 4 is 50.9 Å². The Hall–Kier alpha value is -1.25. The Labute approximate surface area is 185 Å². The highest BCUT2D eigenvalue weighted by molar-refractivity contribution is 8.00. The fraction of sp³-hybridized carbons (Fsp3) is 0.350. The van der Waals surface area contributed by atoms with Gasteiger partial charge in [0, 0.05) is 36.0 Å². The third kappa shape index (κ3) is 3.91. The van der Waals surface area contributed by atoms with Crippen LogP contribution in [0.4, 0.5) is 0 Å². The second-order valence-corrected chi connectivity index (χ2v) is 11.3. The van der Waals surface area contributed by atoms with E-state index in [0.29, 0.717) is 43.1 Å². The number of hydrogen-bond acceptors (Lipinski definition) is 4. The van der Waals surface area contributed by atoms with Crippen LogP contribution in [0.25, 0.3) is 0 Å². The fourth-order valence-electron chi connectivity index (χ4n) is 3.94. The van der Waals surface area contributed by atoms with E-state index in [1.54, 1.807) is 17.8 Å². The summed E-state index contributed by atoms with van der Waals surface area (Å²) in [6.45, 7) is 1.33. The molecule has 0 N–H and O–H groups in total. The van der Waals surface area contributed by atoms with Crippen molar-refractivity contribution in [3.63, 3.8) is 0 Å². The van der Waals surface area contributed by atoms with E-state index in [1.165, 1.54) is 16.4 Å². The first-order valence-corrected chi connectivity index (χ1v) is 12.5. The molecule has 1 spiro atoms. The van der Waals surface area contributed by atoms with Gasteiger partial charge in [-0.15, -0.1) is 11.8 Å². The van der Waals surface area contributed by atoms with Gasteiger partial charge in [0.1, 0.15) is 4.90 Å². The lowest BCUT2D eigenvalue weighted by atomic mass is 10.0. The van der Waals surface area contributed by atoms with Gasteiger partial charge in [-0.25, -0.2) is 8.42 Å². The van der Waals surface area contributed by atoms with Crippen molar-refractivity contribution in [2.75, 3.05) is 25.4 Å². The zero-order valence-corrected chi connectivity index (χ0v) is 18.7. The molecule has 0 unspecified atom stereocenters. The van der Waals surface area contributed by atoms with E-state index in [0.717, 1.165) is 5.75 Å². The normalized spacial score (nSPS) is 19.6. The number of piperidine rings is 1. The Bertz CT molecular complexity index is 1020. The summed E-state index contributed by atoms with van der Waals surface area (Å²) < 4.78 is 27.6. The zero-order chi connectivity index (χ0) is 20.6. The summed E-state index contributed by atoms with van der Waals surface area (Å²) >= 11 is 13.9. The van der Waals surface area contributed by atoms with E-state index >= 15 is 0 Å². The first-order valence-electron chi connectivity index (χ1n) is 9.30. The van der Waals surface area contributed by atoms with Crippen molar-refractivity contribution in [2.45, 2.75) is 22.6 Å². The summed E-state index contributed by atoms with van der Waals surface area (Å²) in [6.07, 6.45) is 1.15. The molecule has 9 heteroatoms. The molecule has 2 aromatic rings. The van der Waals surface area contributed by atoms with Crippen LogP contribution < -0.4 is 0 Å². The third-order valence-corrected chi connectivity index (χ3v) is 9.63. The Morgan fingerprint density at radius 1 is 1.00 bits per heavy atom. The van der Waals surface area contributed by atoms with E-state index in [-0.39, 0.29) is 20.7 Å². The Morgan fingerprint density at radius 3 is 2.38 bits per heavy atom. The topological polar surface area (TPSA) is 57.7 Å². The Balaban J connectivity index is 1.54. The number of hydrogen-bond donors (Lipinski definition) is 0. The van der Waals surface area contributed by atoms with Gasteiger partial charge in [-0.3, -0.25) is 4.79 Å². The number of thioether (sulfide) groups is 1. The van der Waals surface area contributed by atoms with Crippen LogP contribution in [-0.2, 0) is 10.0 Å². The first kappa shape index (κ1) is 21.0. The second kappa shape index (κ2) is 8.12. The van der Waals surface area contributed by atoms with Crippen LogP contribution in [0, 0.1) is 0 Å². The van der Waals surface area contributed by atoms with Crippen molar-refractivity contribution in [2.24, 2.45) is 0 Å². The number of amides is 1. The lowest BCUT2D eigenvalue weighted by Crippen LogP contribution is -2.53. The van der Waals surface area contributed by atoms with Gasteiger partial charge in [0.2, 0.25) is 10.0 Å². The summed E-state index contributed by atoms with van der Waals surface area (Å²) in [6, 6.07) is 13.7. The molecule has 4 rings (SSSR count). The Kier molecular flexibility index (Phi) is 5.88. The minimum absolute atomic E-state index is 0.00444. The molecule has 0 bridgehead atoms. The highest BCUT2D eigenvalue weighted by atomic mass is 35.5. The summed E-state index contributed by atoms with van der Waals surface area (Å²) in [5.74, 6) is 0.857. The van der Waals surface area contributed by atoms with Gasteiger partial charge in [0.25, 0.3) is 5.91 Å². The SMILES string of the molecule is O=C(c1ccccc1)N1CCSC12CCN(S(=O)(=O)c1cc(Cl)ccc1Cl)CC2. The van der Waals surface area contributed by atoms with Crippen molar-refractivity contribution in [1.82, 2.24) is 9.21 Å². The van der Waals surface area contributed by atoms with Crippen molar-refractivity contribution < 1.29 is 13.2 Å². The van der Waals surface area contributed by atoms with E-state index in [9.17, 15) is 13.2 Å². The lowest BCUT2D eigenvalue weighted by molar-refractivity contribution is 0.0605. The number of rotatable bonds is 3. The molecule has 0 atom stereocenters. The molecule has 2 aromatic carbocycles. The third-order valence-electron chi connectivity index (χ3n) is 5.46. The molecule has 29 heavy (non-hydrogen) atoms. The van der Waals surface area contributed by atoms with Crippen LogP contribution in [0.3, 0.4) is 0 Å². The standard InChI is InChI=1S/C20H20Cl2N2O3S2/c21-16-6-7-17(22)18(14-16)29(26,27)23-10-8-20(9-11-23)24(12-13-28-20)19(25)15-4-2-1-3-5-15/h1-7,14H,8-13H2. The van der Waals surface area contributed by atoms with Crippen LogP contribution in [0.1, 0.15) is 23.2 Å². The van der Waals surface area contributed by atoms with Crippen LogP contribution >= 0.6 is 35.0 Å². The lowest BCUT2D eigenvalue weighted by Gasteiger charge is -2.43. The van der Waals surface area contributed by atoms with Crippen LogP contribution in [-0.4, -0.2) is 53.8 Å². The Morgan fingerprint density at radius 2 is 1.69 bits per heavy atom. The van der Waals surface area contributed by atoms with Crippen molar-refractivity contribution in [3.8, 4) is 0 Å². The highest BCUT2D eigenvalue weighted by Crippen LogP contribution is 2.45. The molecule has 0 aromatic heterocycles. The molecule has 0 radical (unpaired) electrons. The van der Waals surface area contributed by atoms with Gasteiger partial charge in [-0.1, -0.05) is 41.4 Å². The molecule has 2 fully saturated rings. The van der Waals surface area contributed by atoms with E-state index in [2.05, 4.69) is 0 Å². The predicted molar refractivity (Wildman–Crippen MR) is 117 cm³/mol. The highest BCUT2D eigenvalue weighted by Gasteiger charge is 2.48. The maximum absolute atomic E-state index is 13.1. The zero-order valence-electron chi connectivity index (χ0n) is 15.6. The van der Waals surface area contributed by atoms with Crippen molar-refractivity contribution in [3.05, 3.63) is 64.1 Å². The van der Waals surface area contributed by atoms with Gasteiger partial charge < -0.3 is 4.90 Å². The van der Waals surface area contributed by atoms with E-state index < -0.39 is 10.0 Å². The van der Waals surface area contributed by atoms with Gasteiger partial charge in [-0.05, 0) is 43.2 Å². The summed E-state index contributed by atoms with van der Waals surface area (Å²) in [5.41, 5.74) is 0.662. The predicted octanol–water partition coefficient (Wildman–Crippen LogP) is 4.36. The van der Waals surface area contributed by atoms with Gasteiger partial charge in [0.15, 0.2) is 0 Å². The van der Waals surface area contributed by atoms with E-state index in [1.807, 2.05) is 35.2 Å². The smallest absolute Gasteiger partial charge is 0.254 e. The van der Waals surface area contributed by atoms with Crippen LogP contribution in [0.15, 0.2) is 53.4 Å². The minimum atomic E-state index is -3.75. The van der Waals surface area contributed by atoms with Gasteiger partial charge in [-0.2, -0.15) is 4.31 Å². The average molecular weight is 471 g/mol. The van der Waals surface area contributed by atoms with Crippen LogP contribution in [0.5, 0.6) is 0 Å². The molecule has 2 heterocycles. The number of nitrogens with zero attached hydrogens (tertiary/aromatic N) is 2. The first-order chi connectivity index (χ1) is 13.8. The molecule has 2 aliphatic rings. The number of carbonyl (C=O) groups is 1. The monoisotopic (exact) mass is 470 g/mol. The average Bonchev–Trinajstić information content (AvgIpc) is 3.13. The maximum atomic E-state index is 13.1. The fourth-order valence-corrected chi connectivity index (χ4v) is 7.57. The number of halogens is 2. The van der Waals surface area contributed by atoms with Gasteiger partial charge in [0.05, 0.1) is 9.89 Å². The maximum Gasteiger partial charge on any atom is 0.254 e. The van der Waals surface area contributed by atoms with E-state index in [4.69, 9.17) is 23.2 Å². The van der Waals surface area contributed by atoms with Crippen LogP contribution in [0.2, 0.25) is 10.0 Å². The summed E-state index contributed by atoms with van der Waals surface area (Å²) in [5, 5.41) is 0.484. The molecule has 0 saturated carbocycles. The number of benzene rings is 2. The molecule has 2 aliphatic heterocycles. The van der Waals surface area contributed by atoms with Crippen molar-refractivity contribution in [1.29, 1.82) is 0 Å². The quantitative estimate of drug-likeness (QED) is 0.668. The summed E-state index contributed by atoms with van der Waals surface area (Å²) in [7, 11) is -3.75. The minimum Gasteiger partial charge on any atom is -0.323 e. The molecule has 2 saturated heterocycles. The number of carbonyl (C=O) groups excluding carboxylic acids is 1. The largest absolute Gasteiger partial charge is 0.323 e. The second-order valence-electron chi connectivity index (χ2n) is 7.10. The van der Waals surface area contributed by atoms with Gasteiger partial charge >= 0.3 is 0 Å².